The van der Waals surface area contributed by atoms with E-state index in [0.717, 1.165) is 25.7 Å². The minimum atomic E-state index is -3.06. The maximum Gasteiger partial charge on any atom is 0.387 e. The molecular formula is C14H18F2N2O4. The molecule has 2 heterocycles. The first-order valence-corrected chi connectivity index (χ1v) is 7.42. The van der Waals surface area contributed by atoms with E-state index in [-0.39, 0.29) is 23.3 Å². The predicted octanol–water partition coefficient (Wildman–Crippen LogP) is 2.49. The highest BCUT2D eigenvalue weighted by Crippen LogP contribution is 2.45. The number of carboxylic acid groups (broad SMARTS) is 1. The number of hydrogen-bond acceptors (Lipinski definition) is 4. The Hall–Kier alpha value is -1.70. The third kappa shape index (κ3) is 3.21. The van der Waals surface area contributed by atoms with Crippen LogP contribution in [0.15, 0.2) is 0 Å². The van der Waals surface area contributed by atoms with Gasteiger partial charge in [-0.05, 0) is 31.6 Å². The molecule has 8 heteroatoms. The van der Waals surface area contributed by atoms with Gasteiger partial charge < -0.3 is 14.6 Å². The minimum absolute atomic E-state index is 0.0304. The maximum absolute atomic E-state index is 12.6. The van der Waals surface area contributed by atoms with Crippen molar-refractivity contribution < 1.29 is 28.2 Å². The Morgan fingerprint density at radius 1 is 1.36 bits per heavy atom. The van der Waals surface area contributed by atoms with E-state index >= 15 is 0 Å². The van der Waals surface area contributed by atoms with Gasteiger partial charge in [0.25, 0.3) is 0 Å². The molecule has 0 amide bonds. The van der Waals surface area contributed by atoms with Gasteiger partial charge in [-0.3, -0.25) is 4.68 Å². The smallest absolute Gasteiger partial charge is 0.387 e. The lowest BCUT2D eigenvalue weighted by molar-refractivity contribution is -0.0510. The molecule has 122 valence electrons. The molecule has 6 nitrogen and oxygen atoms in total. The van der Waals surface area contributed by atoms with Gasteiger partial charge in [0.05, 0.1) is 0 Å². The van der Waals surface area contributed by atoms with Gasteiger partial charge in [-0.2, -0.15) is 13.9 Å². The van der Waals surface area contributed by atoms with Crippen molar-refractivity contribution in [2.24, 2.45) is 5.92 Å². The molecule has 0 bridgehead atoms. The van der Waals surface area contributed by atoms with Crippen molar-refractivity contribution in [3.05, 3.63) is 11.4 Å². The molecule has 0 spiro atoms. The number of ether oxygens (including phenoxy) is 2. The van der Waals surface area contributed by atoms with Gasteiger partial charge in [-0.25, -0.2) is 4.79 Å². The molecule has 0 aromatic carbocycles. The molecule has 3 rings (SSSR count). The summed E-state index contributed by atoms with van der Waals surface area (Å²) in [6, 6.07) is 0. The van der Waals surface area contributed by atoms with Crippen LogP contribution in [-0.2, 0) is 11.3 Å². The second-order valence-corrected chi connectivity index (χ2v) is 5.76. The van der Waals surface area contributed by atoms with Crippen molar-refractivity contribution in [1.29, 1.82) is 0 Å². The summed E-state index contributed by atoms with van der Waals surface area (Å²) >= 11 is 0. The van der Waals surface area contributed by atoms with Crippen LogP contribution in [0.5, 0.6) is 5.75 Å². The molecule has 1 aromatic heterocycles. The Labute approximate surface area is 126 Å². The standard InChI is InChI=1S/C14H18F2N2O4/c15-14(16)22-12-10(9-1-2-9)17-18(11(12)13(19)20)7-8-3-5-21-6-4-8/h8-9,14H,1-7H2,(H,19,20). The first kappa shape index (κ1) is 15.2. The zero-order valence-electron chi connectivity index (χ0n) is 12.0. The highest BCUT2D eigenvalue weighted by atomic mass is 19.3. The molecule has 0 atom stereocenters. The van der Waals surface area contributed by atoms with Crippen molar-refractivity contribution >= 4 is 5.97 Å². The summed E-state index contributed by atoms with van der Waals surface area (Å²) < 4.78 is 36.3. The molecule has 22 heavy (non-hydrogen) atoms. The van der Waals surface area contributed by atoms with Crippen LogP contribution < -0.4 is 4.74 Å². The fraction of sp³-hybridized carbons (Fsp3) is 0.714. The normalized spacial score (nSPS) is 19.6. The van der Waals surface area contributed by atoms with E-state index in [1.54, 1.807) is 0 Å². The molecule has 1 aliphatic heterocycles. The zero-order valence-corrected chi connectivity index (χ0v) is 12.0. The highest BCUT2D eigenvalue weighted by Gasteiger charge is 2.36. The number of aromatic nitrogens is 2. The fourth-order valence-corrected chi connectivity index (χ4v) is 2.81. The molecule has 1 saturated heterocycles. The predicted molar refractivity (Wildman–Crippen MR) is 71.3 cm³/mol. The number of halogens is 2. The van der Waals surface area contributed by atoms with Crippen LogP contribution >= 0.6 is 0 Å². The third-order valence-electron chi connectivity index (χ3n) is 4.08. The second-order valence-electron chi connectivity index (χ2n) is 5.76. The van der Waals surface area contributed by atoms with Crippen molar-refractivity contribution in [3.8, 4) is 5.75 Å². The number of rotatable bonds is 6. The van der Waals surface area contributed by atoms with E-state index < -0.39 is 12.6 Å². The number of nitrogens with zero attached hydrogens (tertiary/aromatic N) is 2. The molecule has 0 radical (unpaired) electrons. The summed E-state index contributed by atoms with van der Waals surface area (Å²) in [7, 11) is 0. The van der Waals surface area contributed by atoms with Crippen LogP contribution in [0, 0.1) is 5.92 Å². The quantitative estimate of drug-likeness (QED) is 0.873. The Balaban J connectivity index is 1.91. The molecule has 1 saturated carbocycles. The van der Waals surface area contributed by atoms with Gasteiger partial charge in [0.1, 0.15) is 5.69 Å². The molecule has 1 aromatic rings. The molecule has 0 unspecified atom stereocenters. The molecule has 2 aliphatic rings. The number of aromatic carboxylic acids is 1. The van der Waals surface area contributed by atoms with Crippen LogP contribution in [0.1, 0.15) is 47.8 Å². The maximum atomic E-state index is 12.6. The Bertz CT molecular complexity index is 551. The van der Waals surface area contributed by atoms with E-state index in [9.17, 15) is 18.7 Å². The summed E-state index contributed by atoms with van der Waals surface area (Å²) in [5.74, 6) is -1.29. The number of carboxylic acids is 1. The summed E-state index contributed by atoms with van der Waals surface area (Å²) in [5.41, 5.74) is 0.0819. The van der Waals surface area contributed by atoms with E-state index in [2.05, 4.69) is 9.84 Å². The summed E-state index contributed by atoms with van der Waals surface area (Å²) in [6.07, 6.45) is 3.27. The molecular weight excluding hydrogens is 298 g/mol. The van der Waals surface area contributed by atoms with Crippen LogP contribution in [0.2, 0.25) is 0 Å². The SMILES string of the molecule is O=C(O)c1c(OC(F)F)c(C2CC2)nn1CC1CCOCC1. The lowest BCUT2D eigenvalue weighted by atomic mass is 10.0. The van der Waals surface area contributed by atoms with Crippen LogP contribution in [0.25, 0.3) is 0 Å². The average Bonchev–Trinajstić information content (AvgIpc) is 3.24. The monoisotopic (exact) mass is 316 g/mol. The first-order valence-electron chi connectivity index (χ1n) is 7.42. The van der Waals surface area contributed by atoms with Crippen molar-refractivity contribution in [2.75, 3.05) is 13.2 Å². The number of alkyl halides is 2. The number of carbonyl (C=O) groups is 1. The van der Waals surface area contributed by atoms with Crippen LogP contribution in [0.4, 0.5) is 8.78 Å². The van der Waals surface area contributed by atoms with Crippen molar-refractivity contribution in [3.63, 3.8) is 0 Å². The van der Waals surface area contributed by atoms with Gasteiger partial charge >= 0.3 is 12.6 Å². The van der Waals surface area contributed by atoms with Crippen molar-refractivity contribution in [1.82, 2.24) is 9.78 Å². The van der Waals surface area contributed by atoms with E-state index in [1.165, 1.54) is 4.68 Å². The summed E-state index contributed by atoms with van der Waals surface area (Å²) in [6.45, 7) is -1.41. The molecule has 1 N–H and O–H groups in total. The van der Waals surface area contributed by atoms with Crippen molar-refractivity contribution in [2.45, 2.75) is 44.8 Å². The Morgan fingerprint density at radius 3 is 2.59 bits per heavy atom. The average molecular weight is 316 g/mol. The Morgan fingerprint density at radius 2 is 2.05 bits per heavy atom. The van der Waals surface area contributed by atoms with E-state index in [1.807, 2.05) is 0 Å². The molecule has 2 fully saturated rings. The van der Waals surface area contributed by atoms with Gasteiger partial charge in [-0.1, -0.05) is 0 Å². The van der Waals surface area contributed by atoms with Gasteiger partial charge in [0.2, 0.25) is 0 Å². The number of hydrogen-bond donors (Lipinski definition) is 1. The molecule has 1 aliphatic carbocycles. The first-order chi connectivity index (χ1) is 10.6. The van der Waals surface area contributed by atoms with Gasteiger partial charge in [0.15, 0.2) is 11.4 Å². The lowest BCUT2D eigenvalue weighted by Gasteiger charge is -2.22. The lowest BCUT2D eigenvalue weighted by Crippen LogP contribution is -2.23. The second kappa shape index (κ2) is 6.20. The van der Waals surface area contributed by atoms with Gasteiger partial charge in [0, 0.05) is 25.7 Å². The topological polar surface area (TPSA) is 73.6 Å². The summed E-state index contributed by atoms with van der Waals surface area (Å²) in [4.78, 5) is 11.5. The van der Waals surface area contributed by atoms with E-state index in [0.29, 0.717) is 25.5 Å². The Kier molecular flexibility index (Phi) is 4.28. The largest absolute Gasteiger partial charge is 0.476 e. The summed E-state index contributed by atoms with van der Waals surface area (Å²) in [5, 5.41) is 13.7. The van der Waals surface area contributed by atoms with E-state index in [4.69, 9.17) is 4.74 Å². The minimum Gasteiger partial charge on any atom is -0.476 e. The van der Waals surface area contributed by atoms with Crippen LogP contribution in [-0.4, -0.2) is 40.7 Å². The highest BCUT2D eigenvalue weighted by molar-refractivity contribution is 5.89. The van der Waals surface area contributed by atoms with Crippen LogP contribution in [0.3, 0.4) is 0 Å². The zero-order chi connectivity index (χ0) is 15.7. The third-order valence-corrected chi connectivity index (χ3v) is 4.08. The fourth-order valence-electron chi connectivity index (χ4n) is 2.81. The van der Waals surface area contributed by atoms with Gasteiger partial charge in [-0.15, -0.1) is 0 Å².